The molecule has 15 heavy (non-hydrogen) atoms. The first-order chi connectivity index (χ1) is 7.36. The zero-order valence-electron chi connectivity index (χ0n) is 8.41. The van der Waals surface area contributed by atoms with Crippen molar-refractivity contribution in [2.45, 2.75) is 12.5 Å². The molecule has 0 aromatic heterocycles. The summed E-state index contributed by atoms with van der Waals surface area (Å²) >= 11 is 0. The topological polar surface area (TPSA) is 30.5 Å². The molecule has 0 radical (unpaired) electrons. The lowest BCUT2D eigenvalue weighted by molar-refractivity contribution is -0.133. The fourth-order valence-corrected chi connectivity index (χ4v) is 1.49. The molecular formula is C11H14FNO2. The number of ether oxygens (including phenoxy) is 2. The first kappa shape index (κ1) is 10.4. The van der Waals surface area contributed by atoms with Gasteiger partial charge in [-0.1, -0.05) is 12.1 Å². The van der Waals surface area contributed by atoms with Gasteiger partial charge in [-0.05, 0) is 18.6 Å². The third-order valence-corrected chi connectivity index (χ3v) is 2.37. The lowest BCUT2D eigenvalue weighted by Crippen LogP contribution is -2.30. The van der Waals surface area contributed by atoms with Crippen molar-refractivity contribution >= 4 is 5.69 Å². The number of hydrogen-bond acceptors (Lipinski definition) is 3. The SMILES string of the molecule is Fc1ccccc1NCC1CCOCO1. The second-order valence-corrected chi connectivity index (χ2v) is 3.46. The van der Waals surface area contributed by atoms with Crippen molar-refractivity contribution in [1.82, 2.24) is 0 Å². The molecule has 82 valence electrons. The second-order valence-electron chi connectivity index (χ2n) is 3.46. The lowest BCUT2D eigenvalue weighted by Gasteiger charge is -2.23. The van der Waals surface area contributed by atoms with Crippen LogP contribution in [0.25, 0.3) is 0 Å². The normalized spacial score (nSPS) is 21.3. The van der Waals surface area contributed by atoms with E-state index in [1.807, 2.05) is 0 Å². The van der Waals surface area contributed by atoms with Crippen molar-refractivity contribution in [2.75, 3.05) is 25.3 Å². The van der Waals surface area contributed by atoms with Gasteiger partial charge in [-0.2, -0.15) is 0 Å². The molecule has 1 fully saturated rings. The highest BCUT2D eigenvalue weighted by Crippen LogP contribution is 2.13. The van der Waals surface area contributed by atoms with Crippen molar-refractivity contribution < 1.29 is 13.9 Å². The zero-order valence-corrected chi connectivity index (χ0v) is 8.41. The highest BCUT2D eigenvalue weighted by atomic mass is 19.1. The van der Waals surface area contributed by atoms with Gasteiger partial charge in [0.05, 0.1) is 18.4 Å². The van der Waals surface area contributed by atoms with Crippen LogP contribution in [0.2, 0.25) is 0 Å². The zero-order chi connectivity index (χ0) is 10.5. The summed E-state index contributed by atoms with van der Waals surface area (Å²) in [5.74, 6) is -0.232. The van der Waals surface area contributed by atoms with Gasteiger partial charge in [0.1, 0.15) is 12.6 Å². The monoisotopic (exact) mass is 211 g/mol. The fourth-order valence-electron chi connectivity index (χ4n) is 1.49. The van der Waals surface area contributed by atoms with E-state index in [1.165, 1.54) is 6.07 Å². The maximum Gasteiger partial charge on any atom is 0.147 e. The molecule has 0 spiro atoms. The molecule has 0 bridgehead atoms. The number of rotatable bonds is 3. The van der Waals surface area contributed by atoms with Crippen LogP contribution >= 0.6 is 0 Å². The first-order valence-electron chi connectivity index (χ1n) is 5.04. The molecule has 2 rings (SSSR count). The van der Waals surface area contributed by atoms with Gasteiger partial charge in [0, 0.05) is 6.54 Å². The van der Waals surface area contributed by atoms with Gasteiger partial charge < -0.3 is 14.8 Å². The van der Waals surface area contributed by atoms with E-state index in [2.05, 4.69) is 5.32 Å². The van der Waals surface area contributed by atoms with E-state index in [0.29, 0.717) is 25.6 Å². The predicted octanol–water partition coefficient (Wildman–Crippen LogP) is 2.00. The van der Waals surface area contributed by atoms with Gasteiger partial charge in [0.25, 0.3) is 0 Å². The van der Waals surface area contributed by atoms with Crippen LogP contribution in [-0.2, 0) is 9.47 Å². The lowest BCUT2D eigenvalue weighted by atomic mass is 10.2. The smallest absolute Gasteiger partial charge is 0.147 e. The molecule has 0 saturated carbocycles. The third-order valence-electron chi connectivity index (χ3n) is 2.37. The Kier molecular flexibility index (Phi) is 3.53. The van der Waals surface area contributed by atoms with Crippen LogP contribution in [0.4, 0.5) is 10.1 Å². The number of anilines is 1. The van der Waals surface area contributed by atoms with Crippen molar-refractivity contribution in [3.05, 3.63) is 30.1 Å². The van der Waals surface area contributed by atoms with Crippen LogP contribution in [0.15, 0.2) is 24.3 Å². The van der Waals surface area contributed by atoms with Gasteiger partial charge in [0.15, 0.2) is 0 Å². The highest BCUT2D eigenvalue weighted by Gasteiger charge is 2.14. The minimum absolute atomic E-state index is 0.110. The number of hydrogen-bond donors (Lipinski definition) is 1. The summed E-state index contributed by atoms with van der Waals surface area (Å²) in [4.78, 5) is 0. The van der Waals surface area contributed by atoms with Crippen molar-refractivity contribution in [2.24, 2.45) is 0 Å². The van der Waals surface area contributed by atoms with Crippen LogP contribution in [-0.4, -0.2) is 26.0 Å². The van der Waals surface area contributed by atoms with Gasteiger partial charge in [0.2, 0.25) is 0 Å². The molecule has 1 atom stereocenters. The Morgan fingerprint density at radius 1 is 1.40 bits per heavy atom. The molecule has 4 heteroatoms. The van der Waals surface area contributed by atoms with Crippen LogP contribution in [0.1, 0.15) is 6.42 Å². The summed E-state index contributed by atoms with van der Waals surface area (Å²) in [6, 6.07) is 6.63. The largest absolute Gasteiger partial charge is 0.380 e. The fraction of sp³-hybridized carbons (Fsp3) is 0.455. The molecule has 1 aromatic rings. The van der Waals surface area contributed by atoms with Gasteiger partial charge in [-0.15, -0.1) is 0 Å². The van der Waals surface area contributed by atoms with Gasteiger partial charge >= 0.3 is 0 Å². The van der Waals surface area contributed by atoms with Gasteiger partial charge in [-0.25, -0.2) is 4.39 Å². The van der Waals surface area contributed by atoms with Crippen LogP contribution < -0.4 is 5.32 Å². The minimum Gasteiger partial charge on any atom is -0.380 e. The molecule has 1 aliphatic rings. The maximum atomic E-state index is 13.2. The van der Waals surface area contributed by atoms with Crippen LogP contribution in [0, 0.1) is 5.82 Å². The Bertz CT molecular complexity index is 313. The molecule has 0 aliphatic carbocycles. The summed E-state index contributed by atoms with van der Waals surface area (Å²) in [5.41, 5.74) is 0.521. The Morgan fingerprint density at radius 2 is 2.27 bits per heavy atom. The molecule has 1 N–H and O–H groups in total. The molecule has 3 nitrogen and oxygen atoms in total. The molecule has 1 aliphatic heterocycles. The van der Waals surface area contributed by atoms with Crippen molar-refractivity contribution in [3.8, 4) is 0 Å². The number of halogens is 1. The standard InChI is InChI=1S/C11H14FNO2/c12-10-3-1-2-4-11(10)13-7-9-5-6-14-8-15-9/h1-4,9,13H,5-8H2. The van der Waals surface area contributed by atoms with Gasteiger partial charge in [-0.3, -0.25) is 0 Å². The van der Waals surface area contributed by atoms with E-state index in [1.54, 1.807) is 18.2 Å². The quantitative estimate of drug-likeness (QED) is 0.829. The third kappa shape index (κ3) is 2.91. The molecule has 1 saturated heterocycles. The average molecular weight is 211 g/mol. The summed E-state index contributed by atoms with van der Waals surface area (Å²) < 4.78 is 23.6. The maximum absolute atomic E-state index is 13.2. The number of nitrogens with one attached hydrogen (secondary N) is 1. The summed E-state index contributed by atoms with van der Waals surface area (Å²) in [5, 5.41) is 3.03. The van der Waals surface area contributed by atoms with E-state index in [4.69, 9.17) is 9.47 Å². The molecule has 0 amide bonds. The Labute approximate surface area is 88.2 Å². The van der Waals surface area contributed by atoms with E-state index in [-0.39, 0.29) is 11.9 Å². The van der Waals surface area contributed by atoms with E-state index in [0.717, 1.165) is 6.42 Å². The number of para-hydroxylation sites is 1. The first-order valence-corrected chi connectivity index (χ1v) is 5.04. The summed E-state index contributed by atoms with van der Waals surface area (Å²) in [6.07, 6.45) is 0.958. The molecule has 1 heterocycles. The Hall–Kier alpha value is -1.13. The molecule has 1 aromatic carbocycles. The molecular weight excluding hydrogens is 197 g/mol. The van der Waals surface area contributed by atoms with Crippen LogP contribution in [0.3, 0.4) is 0 Å². The molecule has 1 unspecified atom stereocenters. The average Bonchev–Trinajstić information content (AvgIpc) is 2.29. The summed E-state index contributed by atoms with van der Waals surface area (Å²) in [6.45, 7) is 1.66. The van der Waals surface area contributed by atoms with E-state index < -0.39 is 0 Å². The Balaban J connectivity index is 1.84. The predicted molar refractivity (Wildman–Crippen MR) is 55.2 cm³/mol. The summed E-state index contributed by atoms with van der Waals surface area (Å²) in [7, 11) is 0. The number of benzene rings is 1. The minimum atomic E-state index is -0.232. The highest BCUT2D eigenvalue weighted by molar-refractivity contribution is 5.44. The van der Waals surface area contributed by atoms with Crippen molar-refractivity contribution in [3.63, 3.8) is 0 Å². The second kappa shape index (κ2) is 5.09. The van der Waals surface area contributed by atoms with Crippen LogP contribution in [0.5, 0.6) is 0 Å². The van der Waals surface area contributed by atoms with E-state index in [9.17, 15) is 4.39 Å². The van der Waals surface area contributed by atoms with E-state index >= 15 is 0 Å². The van der Waals surface area contributed by atoms with Crippen molar-refractivity contribution in [1.29, 1.82) is 0 Å². The Morgan fingerprint density at radius 3 is 3.00 bits per heavy atom.